The van der Waals surface area contributed by atoms with Crippen LogP contribution in [0.5, 0.6) is 0 Å². The van der Waals surface area contributed by atoms with E-state index in [1.807, 2.05) is 0 Å². The lowest BCUT2D eigenvalue weighted by Crippen LogP contribution is -2.08. The van der Waals surface area contributed by atoms with Crippen LogP contribution < -0.4 is 11.5 Å². The summed E-state index contributed by atoms with van der Waals surface area (Å²) in [6.45, 7) is -0.283. The summed E-state index contributed by atoms with van der Waals surface area (Å²) in [6.07, 6.45) is 0. The molecule has 5 nitrogen and oxygen atoms in total. The van der Waals surface area contributed by atoms with Crippen LogP contribution in [0.2, 0.25) is 0 Å². The van der Waals surface area contributed by atoms with E-state index in [4.69, 9.17) is 21.5 Å². The van der Waals surface area contributed by atoms with Crippen molar-refractivity contribution >= 4 is 17.3 Å². The second-order valence-electron chi connectivity index (χ2n) is 4.35. The van der Waals surface area contributed by atoms with Crippen molar-refractivity contribution < 1.29 is 13.9 Å². The number of nitrogens with two attached hydrogens (primary N) is 2. The molecule has 0 bridgehead atoms. The highest BCUT2D eigenvalue weighted by Crippen LogP contribution is 2.17. The fourth-order valence-electron chi connectivity index (χ4n) is 1.80. The molecule has 0 atom stereocenters. The van der Waals surface area contributed by atoms with Gasteiger partial charge in [-0.2, -0.15) is 5.26 Å². The minimum atomic E-state index is -0.695. The van der Waals surface area contributed by atoms with E-state index in [1.165, 1.54) is 36.4 Å². The Morgan fingerprint density at radius 2 is 1.90 bits per heavy atom. The van der Waals surface area contributed by atoms with Gasteiger partial charge in [0, 0.05) is 16.9 Å². The van der Waals surface area contributed by atoms with Gasteiger partial charge in [-0.25, -0.2) is 9.18 Å². The first-order valence-electron chi connectivity index (χ1n) is 6.02. The molecule has 0 aliphatic rings. The largest absolute Gasteiger partial charge is 0.457 e. The highest BCUT2D eigenvalue weighted by atomic mass is 19.1. The lowest BCUT2D eigenvalue weighted by molar-refractivity contribution is 0.0469. The first-order valence-corrected chi connectivity index (χ1v) is 6.02. The van der Waals surface area contributed by atoms with Crippen LogP contribution in [0.25, 0.3) is 0 Å². The van der Waals surface area contributed by atoms with Gasteiger partial charge in [0.15, 0.2) is 0 Å². The van der Waals surface area contributed by atoms with E-state index in [1.54, 1.807) is 6.07 Å². The SMILES string of the molecule is N#Cc1cccc(COC(=O)c2cc(N)cc(N)c2)c1F. The van der Waals surface area contributed by atoms with Gasteiger partial charge >= 0.3 is 5.97 Å². The third-order valence-corrected chi connectivity index (χ3v) is 2.77. The quantitative estimate of drug-likeness (QED) is 0.665. The smallest absolute Gasteiger partial charge is 0.338 e. The van der Waals surface area contributed by atoms with Gasteiger partial charge in [-0.1, -0.05) is 12.1 Å². The summed E-state index contributed by atoms with van der Waals surface area (Å²) < 4.78 is 18.8. The van der Waals surface area contributed by atoms with Gasteiger partial charge in [0.1, 0.15) is 18.5 Å². The van der Waals surface area contributed by atoms with E-state index in [0.717, 1.165) is 0 Å². The van der Waals surface area contributed by atoms with Crippen molar-refractivity contribution in [2.45, 2.75) is 6.61 Å². The van der Waals surface area contributed by atoms with Crippen LogP contribution in [0.1, 0.15) is 21.5 Å². The number of esters is 1. The van der Waals surface area contributed by atoms with Gasteiger partial charge in [0.2, 0.25) is 0 Å². The molecule has 6 heteroatoms. The molecule has 0 aromatic heterocycles. The number of ether oxygens (including phenoxy) is 1. The van der Waals surface area contributed by atoms with Gasteiger partial charge in [-0.05, 0) is 24.3 Å². The molecule has 0 saturated carbocycles. The number of carbonyl (C=O) groups is 1. The summed E-state index contributed by atoms with van der Waals surface area (Å²) in [7, 11) is 0. The molecule has 2 aromatic rings. The third kappa shape index (κ3) is 3.28. The number of nitrogen functional groups attached to an aromatic ring is 2. The normalized spacial score (nSPS) is 9.90. The monoisotopic (exact) mass is 285 g/mol. The molecule has 2 aromatic carbocycles. The Balaban J connectivity index is 2.13. The molecule has 0 radical (unpaired) electrons. The average Bonchev–Trinajstić information content (AvgIpc) is 2.45. The minimum Gasteiger partial charge on any atom is -0.457 e. The Morgan fingerprint density at radius 3 is 2.52 bits per heavy atom. The van der Waals surface area contributed by atoms with E-state index in [9.17, 15) is 9.18 Å². The first-order chi connectivity index (χ1) is 10.0. The molecular formula is C15H12FN3O2. The van der Waals surface area contributed by atoms with Crippen LogP contribution in [0.15, 0.2) is 36.4 Å². The first kappa shape index (κ1) is 14.3. The molecule has 0 aliphatic carbocycles. The highest BCUT2D eigenvalue weighted by molar-refractivity contribution is 5.91. The van der Waals surface area contributed by atoms with Crippen LogP contribution >= 0.6 is 0 Å². The van der Waals surface area contributed by atoms with Crippen LogP contribution in [-0.4, -0.2) is 5.97 Å². The predicted octanol–water partition coefficient (Wildman–Crippen LogP) is 2.22. The maximum absolute atomic E-state index is 13.8. The van der Waals surface area contributed by atoms with E-state index >= 15 is 0 Å². The summed E-state index contributed by atoms with van der Waals surface area (Å²) in [6, 6.07) is 10.4. The Morgan fingerprint density at radius 1 is 1.24 bits per heavy atom. The summed E-state index contributed by atoms with van der Waals surface area (Å²) in [5, 5.41) is 8.73. The second kappa shape index (κ2) is 5.92. The molecule has 0 heterocycles. The maximum atomic E-state index is 13.8. The Bertz CT molecular complexity index is 718. The van der Waals surface area contributed by atoms with Crippen LogP contribution in [0, 0.1) is 17.1 Å². The van der Waals surface area contributed by atoms with Gasteiger partial charge in [0.05, 0.1) is 11.1 Å². The van der Waals surface area contributed by atoms with Crippen LogP contribution in [-0.2, 0) is 11.3 Å². The molecule has 0 saturated heterocycles. The van der Waals surface area contributed by atoms with E-state index in [0.29, 0.717) is 11.4 Å². The number of halogens is 1. The number of hydrogen-bond donors (Lipinski definition) is 2. The van der Waals surface area contributed by atoms with E-state index < -0.39 is 11.8 Å². The van der Waals surface area contributed by atoms with Crippen molar-refractivity contribution in [3.8, 4) is 6.07 Å². The number of hydrogen-bond acceptors (Lipinski definition) is 5. The lowest BCUT2D eigenvalue weighted by Gasteiger charge is -2.08. The fourth-order valence-corrected chi connectivity index (χ4v) is 1.80. The molecule has 0 amide bonds. The van der Waals surface area contributed by atoms with Crippen molar-refractivity contribution in [2.24, 2.45) is 0 Å². The fraction of sp³-hybridized carbons (Fsp3) is 0.0667. The number of nitrogens with zero attached hydrogens (tertiary/aromatic N) is 1. The Kier molecular flexibility index (Phi) is 4.05. The molecule has 2 rings (SSSR count). The van der Waals surface area contributed by atoms with E-state index in [-0.39, 0.29) is 23.3 Å². The standard InChI is InChI=1S/C15H12FN3O2/c16-14-9(7-17)2-1-3-10(14)8-21-15(20)11-4-12(18)6-13(19)5-11/h1-6H,8,18-19H2. The molecule has 0 unspecified atom stereocenters. The van der Waals surface area contributed by atoms with Crippen molar-refractivity contribution in [3.05, 3.63) is 58.9 Å². The number of nitriles is 1. The predicted molar refractivity (Wildman–Crippen MR) is 75.5 cm³/mol. The van der Waals surface area contributed by atoms with Gasteiger partial charge in [-0.15, -0.1) is 0 Å². The van der Waals surface area contributed by atoms with Gasteiger partial charge < -0.3 is 16.2 Å². The summed E-state index contributed by atoms with van der Waals surface area (Å²) in [4.78, 5) is 11.9. The van der Waals surface area contributed by atoms with Crippen LogP contribution in [0.4, 0.5) is 15.8 Å². The van der Waals surface area contributed by atoms with Crippen molar-refractivity contribution in [1.29, 1.82) is 5.26 Å². The number of rotatable bonds is 3. The lowest BCUT2D eigenvalue weighted by atomic mass is 10.1. The van der Waals surface area contributed by atoms with Crippen molar-refractivity contribution in [1.82, 2.24) is 0 Å². The Labute approximate surface area is 120 Å². The zero-order valence-electron chi connectivity index (χ0n) is 11.0. The molecule has 4 N–H and O–H groups in total. The minimum absolute atomic E-state index is 0.100. The molecule has 0 spiro atoms. The summed E-state index contributed by atoms with van der Waals surface area (Å²) >= 11 is 0. The number of anilines is 2. The number of benzene rings is 2. The zero-order chi connectivity index (χ0) is 15.4. The number of carbonyl (C=O) groups excluding carboxylic acids is 1. The molecule has 21 heavy (non-hydrogen) atoms. The average molecular weight is 285 g/mol. The molecule has 0 aliphatic heterocycles. The topological polar surface area (TPSA) is 102 Å². The molecule has 0 fully saturated rings. The Hall–Kier alpha value is -3.07. The molecular weight excluding hydrogens is 273 g/mol. The van der Waals surface area contributed by atoms with Gasteiger partial charge in [-0.3, -0.25) is 0 Å². The maximum Gasteiger partial charge on any atom is 0.338 e. The van der Waals surface area contributed by atoms with Crippen molar-refractivity contribution in [2.75, 3.05) is 11.5 Å². The molecule has 106 valence electrons. The highest BCUT2D eigenvalue weighted by Gasteiger charge is 2.12. The van der Waals surface area contributed by atoms with Crippen molar-refractivity contribution in [3.63, 3.8) is 0 Å². The second-order valence-corrected chi connectivity index (χ2v) is 4.35. The third-order valence-electron chi connectivity index (χ3n) is 2.77. The van der Waals surface area contributed by atoms with E-state index in [2.05, 4.69) is 0 Å². The van der Waals surface area contributed by atoms with Gasteiger partial charge in [0.25, 0.3) is 0 Å². The summed E-state index contributed by atoms with van der Waals surface area (Å²) in [5.74, 6) is -1.37. The van der Waals surface area contributed by atoms with Crippen LogP contribution in [0.3, 0.4) is 0 Å². The summed E-state index contributed by atoms with van der Waals surface area (Å²) in [5.41, 5.74) is 12.0. The zero-order valence-corrected chi connectivity index (χ0v) is 11.0.